The van der Waals surface area contributed by atoms with Crippen molar-refractivity contribution < 1.29 is 14.6 Å². The van der Waals surface area contributed by atoms with Gasteiger partial charge < -0.3 is 14.7 Å². The Labute approximate surface area is 102 Å². The molecule has 1 saturated heterocycles. The van der Waals surface area contributed by atoms with Gasteiger partial charge in [-0.3, -0.25) is 5.32 Å². The van der Waals surface area contributed by atoms with Gasteiger partial charge >= 0.3 is 6.09 Å². The summed E-state index contributed by atoms with van der Waals surface area (Å²) >= 11 is 0. The first-order chi connectivity index (χ1) is 7.83. The van der Waals surface area contributed by atoms with Crippen LogP contribution < -0.4 is 5.32 Å². The van der Waals surface area contributed by atoms with Crippen molar-refractivity contribution in [2.24, 2.45) is 0 Å². The highest BCUT2D eigenvalue weighted by Crippen LogP contribution is 2.19. The molecule has 5 heteroatoms. The molecule has 1 unspecified atom stereocenters. The van der Waals surface area contributed by atoms with Crippen LogP contribution in [0.2, 0.25) is 0 Å². The minimum Gasteiger partial charge on any atom is -0.444 e. The molecule has 1 amide bonds. The molecule has 5 nitrogen and oxygen atoms in total. The van der Waals surface area contributed by atoms with Crippen molar-refractivity contribution >= 4 is 6.09 Å². The molecule has 0 aromatic carbocycles. The molecule has 0 spiro atoms. The Morgan fingerprint density at radius 2 is 2.24 bits per heavy atom. The fourth-order valence-electron chi connectivity index (χ4n) is 1.87. The van der Waals surface area contributed by atoms with Crippen LogP contribution in [-0.4, -0.2) is 40.9 Å². The second kappa shape index (κ2) is 5.40. The quantitative estimate of drug-likeness (QED) is 0.786. The first-order valence-corrected chi connectivity index (χ1v) is 5.90. The van der Waals surface area contributed by atoms with Crippen LogP contribution in [0.25, 0.3) is 0 Å². The number of carbonyl (C=O) groups excluding carboxylic acids is 1. The van der Waals surface area contributed by atoms with Crippen LogP contribution in [0.5, 0.6) is 0 Å². The normalized spacial score (nSPS) is 20.2. The fraction of sp³-hybridized carbons (Fsp3) is 0.750. The average Bonchev–Trinajstić information content (AvgIpc) is 2.61. The highest BCUT2D eigenvalue weighted by Gasteiger charge is 2.26. The number of carbonyl (C=O) groups is 1. The number of aliphatic hydroxyl groups is 1. The van der Waals surface area contributed by atoms with E-state index in [1.807, 2.05) is 25.7 Å². The lowest BCUT2D eigenvalue weighted by molar-refractivity contribution is 0.0520. The summed E-state index contributed by atoms with van der Waals surface area (Å²) in [6, 6.07) is 0.0532. The minimum atomic E-state index is -0.522. The van der Waals surface area contributed by atoms with Crippen molar-refractivity contribution in [1.29, 1.82) is 0 Å². The van der Waals surface area contributed by atoms with Gasteiger partial charge in [0, 0.05) is 6.54 Å². The van der Waals surface area contributed by atoms with Gasteiger partial charge in [0.05, 0.1) is 12.6 Å². The molecule has 2 N–H and O–H groups in total. The second-order valence-corrected chi connectivity index (χ2v) is 5.25. The van der Waals surface area contributed by atoms with E-state index in [1.54, 1.807) is 0 Å². The van der Waals surface area contributed by atoms with E-state index in [2.05, 4.69) is 11.9 Å². The van der Waals surface area contributed by atoms with Crippen LogP contribution in [0.15, 0.2) is 12.4 Å². The highest BCUT2D eigenvalue weighted by molar-refractivity contribution is 5.69. The SMILES string of the molecule is C=C(NC(=O)OC(C)(C)C)N1CCCC1CO. The molecule has 0 bridgehead atoms. The Kier molecular flexibility index (Phi) is 4.40. The van der Waals surface area contributed by atoms with E-state index in [4.69, 9.17) is 4.74 Å². The van der Waals surface area contributed by atoms with Crippen molar-refractivity contribution in [1.82, 2.24) is 10.2 Å². The smallest absolute Gasteiger partial charge is 0.413 e. The van der Waals surface area contributed by atoms with Crippen molar-refractivity contribution in [2.75, 3.05) is 13.2 Å². The molecule has 1 heterocycles. The molecule has 0 aromatic heterocycles. The van der Waals surface area contributed by atoms with Gasteiger partial charge in [0.15, 0.2) is 0 Å². The number of alkyl carbamates (subject to hydrolysis) is 1. The summed E-state index contributed by atoms with van der Waals surface area (Å²) in [6.07, 6.45) is 1.41. The maximum Gasteiger partial charge on any atom is 0.413 e. The summed E-state index contributed by atoms with van der Waals surface area (Å²) in [6.45, 7) is 10.1. The van der Waals surface area contributed by atoms with Crippen LogP contribution in [0.1, 0.15) is 33.6 Å². The van der Waals surface area contributed by atoms with Gasteiger partial charge in [-0.15, -0.1) is 0 Å². The second-order valence-electron chi connectivity index (χ2n) is 5.25. The lowest BCUT2D eigenvalue weighted by atomic mass is 10.2. The molecule has 0 radical (unpaired) electrons. The average molecular weight is 242 g/mol. The van der Waals surface area contributed by atoms with E-state index < -0.39 is 11.7 Å². The number of likely N-dealkylation sites (tertiary alicyclic amines) is 1. The summed E-state index contributed by atoms with van der Waals surface area (Å²) in [7, 11) is 0. The van der Waals surface area contributed by atoms with Gasteiger partial charge in [-0.1, -0.05) is 6.58 Å². The number of nitrogens with zero attached hydrogens (tertiary/aromatic N) is 1. The number of aliphatic hydroxyl groups excluding tert-OH is 1. The largest absolute Gasteiger partial charge is 0.444 e. The molecule has 17 heavy (non-hydrogen) atoms. The summed E-state index contributed by atoms with van der Waals surface area (Å²) < 4.78 is 5.14. The van der Waals surface area contributed by atoms with Crippen LogP contribution in [0.4, 0.5) is 4.79 Å². The molecule has 0 aliphatic carbocycles. The third-order valence-electron chi connectivity index (χ3n) is 2.58. The third kappa shape index (κ3) is 4.26. The standard InChI is InChI=1S/C12H22N2O3/c1-9(13-11(16)17-12(2,3)4)14-7-5-6-10(14)8-15/h10,15H,1,5-8H2,2-4H3,(H,13,16). The molecule has 98 valence electrons. The van der Waals surface area contributed by atoms with Gasteiger partial charge in [-0.25, -0.2) is 4.79 Å². The monoisotopic (exact) mass is 242 g/mol. The highest BCUT2D eigenvalue weighted by atomic mass is 16.6. The zero-order valence-electron chi connectivity index (χ0n) is 10.8. The zero-order valence-corrected chi connectivity index (χ0v) is 10.8. The lowest BCUT2D eigenvalue weighted by Gasteiger charge is -2.28. The molecular weight excluding hydrogens is 220 g/mol. The number of ether oxygens (including phenoxy) is 1. The van der Waals surface area contributed by atoms with Gasteiger partial charge in [-0.05, 0) is 33.6 Å². The van der Waals surface area contributed by atoms with Crippen LogP contribution in [0, 0.1) is 0 Å². The van der Waals surface area contributed by atoms with Crippen LogP contribution in [0.3, 0.4) is 0 Å². The Bertz CT molecular complexity index is 297. The van der Waals surface area contributed by atoms with Crippen molar-refractivity contribution in [2.45, 2.75) is 45.3 Å². The Balaban J connectivity index is 2.46. The van der Waals surface area contributed by atoms with E-state index in [0.29, 0.717) is 5.82 Å². The first kappa shape index (κ1) is 13.8. The summed E-state index contributed by atoms with van der Waals surface area (Å²) in [5.41, 5.74) is -0.522. The number of rotatable bonds is 3. The molecule has 1 rings (SSSR count). The Morgan fingerprint density at radius 3 is 2.76 bits per heavy atom. The van der Waals surface area contributed by atoms with E-state index in [1.165, 1.54) is 0 Å². The predicted octanol–water partition coefficient (Wildman–Crippen LogP) is 1.44. The summed E-state index contributed by atoms with van der Waals surface area (Å²) in [5, 5.41) is 11.8. The predicted molar refractivity (Wildman–Crippen MR) is 65.3 cm³/mol. The van der Waals surface area contributed by atoms with Crippen molar-refractivity contribution in [3.8, 4) is 0 Å². The van der Waals surface area contributed by atoms with Gasteiger partial charge in [0.1, 0.15) is 11.4 Å². The van der Waals surface area contributed by atoms with Gasteiger partial charge in [0.25, 0.3) is 0 Å². The number of hydrogen-bond acceptors (Lipinski definition) is 4. The van der Waals surface area contributed by atoms with E-state index in [0.717, 1.165) is 19.4 Å². The molecular formula is C12H22N2O3. The fourth-order valence-corrected chi connectivity index (χ4v) is 1.87. The first-order valence-electron chi connectivity index (χ1n) is 5.90. The third-order valence-corrected chi connectivity index (χ3v) is 2.58. The molecule has 1 aliphatic heterocycles. The van der Waals surface area contributed by atoms with Gasteiger partial charge in [-0.2, -0.15) is 0 Å². The Hall–Kier alpha value is -1.23. The molecule has 1 aliphatic rings. The molecule has 1 atom stereocenters. The Morgan fingerprint density at radius 1 is 1.59 bits per heavy atom. The van der Waals surface area contributed by atoms with Crippen molar-refractivity contribution in [3.63, 3.8) is 0 Å². The topological polar surface area (TPSA) is 61.8 Å². The number of hydrogen-bond donors (Lipinski definition) is 2. The van der Waals surface area contributed by atoms with E-state index in [9.17, 15) is 9.90 Å². The lowest BCUT2D eigenvalue weighted by Crippen LogP contribution is -2.41. The minimum absolute atomic E-state index is 0.0532. The van der Waals surface area contributed by atoms with E-state index in [-0.39, 0.29) is 12.6 Å². The maximum absolute atomic E-state index is 11.5. The van der Waals surface area contributed by atoms with Crippen LogP contribution >= 0.6 is 0 Å². The molecule has 0 aromatic rings. The van der Waals surface area contributed by atoms with Gasteiger partial charge in [0.2, 0.25) is 0 Å². The molecule has 1 fully saturated rings. The molecule has 0 saturated carbocycles. The van der Waals surface area contributed by atoms with E-state index >= 15 is 0 Å². The number of amides is 1. The summed E-state index contributed by atoms with van der Waals surface area (Å²) in [4.78, 5) is 13.4. The van der Waals surface area contributed by atoms with Crippen molar-refractivity contribution in [3.05, 3.63) is 12.4 Å². The maximum atomic E-state index is 11.5. The number of nitrogens with one attached hydrogen (secondary N) is 1. The van der Waals surface area contributed by atoms with Crippen LogP contribution in [-0.2, 0) is 4.74 Å². The summed E-state index contributed by atoms with van der Waals surface area (Å²) in [5.74, 6) is 0.496. The zero-order chi connectivity index (χ0) is 13.1.